The topological polar surface area (TPSA) is 55.1 Å². The second kappa shape index (κ2) is 7.41. The number of nitrogens with one attached hydrogen (secondary N) is 1. The molecule has 90 valence electrons. The summed E-state index contributed by atoms with van der Waals surface area (Å²) in [5.74, 6) is 0.112. The lowest BCUT2D eigenvalue weighted by atomic mass is 10.2. The first-order valence-corrected chi connectivity index (χ1v) is 6.65. The molecule has 0 aliphatic carbocycles. The maximum Gasteiger partial charge on any atom is 0.220 e. The monoisotopic (exact) mass is 240 g/mol. The van der Waals surface area contributed by atoms with Crippen LogP contribution in [0.3, 0.4) is 0 Å². The molecule has 1 aromatic rings. The highest BCUT2D eigenvalue weighted by Crippen LogP contribution is 2.11. The first-order valence-electron chi connectivity index (χ1n) is 5.77. The molecule has 3 nitrogen and oxygen atoms in total. The minimum Gasteiger partial charge on any atom is -0.355 e. The summed E-state index contributed by atoms with van der Waals surface area (Å²) < 4.78 is 0. The molecule has 1 atom stereocenters. The smallest absolute Gasteiger partial charge is 0.220 e. The number of thiophene rings is 1. The van der Waals surface area contributed by atoms with Crippen molar-refractivity contribution in [2.75, 3.05) is 6.54 Å². The summed E-state index contributed by atoms with van der Waals surface area (Å²) in [6.07, 6.45) is 3.39. The third-order valence-corrected chi connectivity index (χ3v) is 3.43. The summed E-state index contributed by atoms with van der Waals surface area (Å²) in [5.41, 5.74) is 5.71. The van der Waals surface area contributed by atoms with Gasteiger partial charge in [-0.3, -0.25) is 4.79 Å². The Kier molecular flexibility index (Phi) is 6.11. The third-order valence-electron chi connectivity index (χ3n) is 2.49. The molecule has 0 saturated heterocycles. The molecular formula is C12H20N2OS. The summed E-state index contributed by atoms with van der Waals surface area (Å²) in [6, 6.07) is 4.23. The summed E-state index contributed by atoms with van der Waals surface area (Å²) in [4.78, 5) is 12.8. The summed E-state index contributed by atoms with van der Waals surface area (Å²) in [7, 11) is 0. The Bertz CT molecular complexity index is 298. The van der Waals surface area contributed by atoms with E-state index in [0.717, 1.165) is 19.3 Å². The van der Waals surface area contributed by atoms with Crippen LogP contribution < -0.4 is 11.1 Å². The maximum atomic E-state index is 11.4. The number of hydrogen-bond acceptors (Lipinski definition) is 3. The molecule has 0 aliphatic heterocycles. The average Bonchev–Trinajstić information content (AvgIpc) is 2.79. The van der Waals surface area contributed by atoms with Crippen LogP contribution in [0.2, 0.25) is 0 Å². The van der Waals surface area contributed by atoms with E-state index in [0.29, 0.717) is 13.0 Å². The summed E-state index contributed by atoms with van der Waals surface area (Å²) in [5, 5.41) is 4.92. The Hall–Kier alpha value is -0.870. The highest BCUT2D eigenvalue weighted by molar-refractivity contribution is 7.09. The molecule has 3 N–H and O–H groups in total. The number of nitrogens with two attached hydrogens (primary N) is 1. The van der Waals surface area contributed by atoms with E-state index >= 15 is 0 Å². The average molecular weight is 240 g/mol. The van der Waals surface area contributed by atoms with Gasteiger partial charge in [-0.15, -0.1) is 11.3 Å². The quantitative estimate of drug-likeness (QED) is 0.765. The second-order valence-electron chi connectivity index (χ2n) is 3.91. The van der Waals surface area contributed by atoms with Crippen LogP contribution in [-0.2, 0) is 11.2 Å². The predicted octanol–water partition coefficient (Wildman–Crippen LogP) is 1.92. The van der Waals surface area contributed by atoms with Gasteiger partial charge in [0, 0.05) is 23.9 Å². The molecule has 4 heteroatoms. The molecule has 0 aliphatic rings. The fraction of sp³-hybridized carbons (Fsp3) is 0.583. The molecule has 0 fully saturated rings. The van der Waals surface area contributed by atoms with E-state index in [4.69, 9.17) is 5.73 Å². The van der Waals surface area contributed by atoms with Crippen molar-refractivity contribution in [2.45, 2.75) is 38.6 Å². The Morgan fingerprint density at radius 2 is 2.44 bits per heavy atom. The van der Waals surface area contributed by atoms with Gasteiger partial charge in [0.15, 0.2) is 0 Å². The van der Waals surface area contributed by atoms with Crippen LogP contribution in [0, 0.1) is 0 Å². The van der Waals surface area contributed by atoms with Crippen LogP contribution in [0.4, 0.5) is 0 Å². The van der Waals surface area contributed by atoms with Gasteiger partial charge in [0.1, 0.15) is 0 Å². The van der Waals surface area contributed by atoms with Crippen LogP contribution in [0.5, 0.6) is 0 Å². The van der Waals surface area contributed by atoms with Gasteiger partial charge in [0.2, 0.25) is 5.91 Å². The lowest BCUT2D eigenvalue weighted by molar-refractivity contribution is -0.121. The first kappa shape index (κ1) is 13.2. The molecule has 16 heavy (non-hydrogen) atoms. The van der Waals surface area contributed by atoms with Gasteiger partial charge in [0.05, 0.1) is 0 Å². The molecule has 1 unspecified atom stereocenters. The lowest BCUT2D eigenvalue weighted by Crippen LogP contribution is -2.36. The molecule has 1 aromatic heterocycles. The van der Waals surface area contributed by atoms with Crippen LogP contribution in [0.25, 0.3) is 0 Å². The molecule has 0 spiro atoms. The maximum absolute atomic E-state index is 11.4. The van der Waals surface area contributed by atoms with Gasteiger partial charge >= 0.3 is 0 Å². The SMILES string of the molecule is CCC(N)CNC(=O)CCCc1cccs1. The van der Waals surface area contributed by atoms with Gasteiger partial charge in [-0.1, -0.05) is 13.0 Å². The molecular weight excluding hydrogens is 220 g/mol. The highest BCUT2D eigenvalue weighted by Gasteiger charge is 2.04. The summed E-state index contributed by atoms with van der Waals surface area (Å²) in [6.45, 7) is 2.61. The van der Waals surface area contributed by atoms with Crippen molar-refractivity contribution in [1.29, 1.82) is 0 Å². The fourth-order valence-corrected chi connectivity index (χ4v) is 2.11. The largest absolute Gasteiger partial charge is 0.355 e. The van der Waals surface area contributed by atoms with Crippen LogP contribution in [-0.4, -0.2) is 18.5 Å². The van der Waals surface area contributed by atoms with Gasteiger partial charge < -0.3 is 11.1 Å². The van der Waals surface area contributed by atoms with Crippen molar-refractivity contribution in [2.24, 2.45) is 5.73 Å². The normalized spacial score (nSPS) is 12.4. The molecule has 0 bridgehead atoms. The Labute approximate surface area is 101 Å². The predicted molar refractivity (Wildman–Crippen MR) is 68.5 cm³/mol. The van der Waals surface area contributed by atoms with Crippen molar-refractivity contribution in [3.63, 3.8) is 0 Å². The minimum absolute atomic E-state index is 0.0845. The van der Waals surface area contributed by atoms with E-state index in [1.54, 1.807) is 11.3 Å². The molecule has 1 amide bonds. The Balaban J connectivity index is 2.06. The van der Waals surface area contributed by atoms with E-state index < -0.39 is 0 Å². The van der Waals surface area contributed by atoms with Crippen molar-refractivity contribution in [3.8, 4) is 0 Å². The second-order valence-corrected chi connectivity index (χ2v) is 4.94. The molecule has 0 saturated carbocycles. The van der Waals surface area contributed by atoms with Gasteiger partial charge in [-0.2, -0.15) is 0 Å². The van der Waals surface area contributed by atoms with Crippen LogP contribution >= 0.6 is 11.3 Å². The van der Waals surface area contributed by atoms with Crippen molar-refractivity contribution in [3.05, 3.63) is 22.4 Å². The molecule has 1 rings (SSSR count). The van der Waals surface area contributed by atoms with Gasteiger partial charge in [-0.25, -0.2) is 0 Å². The van der Waals surface area contributed by atoms with Gasteiger partial charge in [-0.05, 0) is 30.7 Å². The van der Waals surface area contributed by atoms with Crippen molar-refractivity contribution in [1.82, 2.24) is 5.32 Å². The Morgan fingerprint density at radius 3 is 3.06 bits per heavy atom. The van der Waals surface area contributed by atoms with E-state index in [1.165, 1.54) is 4.88 Å². The van der Waals surface area contributed by atoms with Crippen molar-refractivity contribution >= 4 is 17.2 Å². The number of amides is 1. The van der Waals surface area contributed by atoms with E-state index in [-0.39, 0.29) is 11.9 Å². The van der Waals surface area contributed by atoms with E-state index in [9.17, 15) is 4.79 Å². The van der Waals surface area contributed by atoms with E-state index in [2.05, 4.69) is 16.8 Å². The molecule has 0 radical (unpaired) electrons. The lowest BCUT2D eigenvalue weighted by Gasteiger charge is -2.09. The zero-order valence-corrected chi connectivity index (χ0v) is 10.6. The molecule has 1 heterocycles. The zero-order chi connectivity index (χ0) is 11.8. The van der Waals surface area contributed by atoms with Crippen LogP contribution in [0.1, 0.15) is 31.1 Å². The van der Waals surface area contributed by atoms with Crippen molar-refractivity contribution < 1.29 is 4.79 Å². The number of carbonyl (C=O) groups is 1. The van der Waals surface area contributed by atoms with Gasteiger partial charge in [0.25, 0.3) is 0 Å². The Morgan fingerprint density at radius 1 is 1.62 bits per heavy atom. The summed E-state index contributed by atoms with van der Waals surface area (Å²) >= 11 is 1.74. The molecule has 0 aromatic carbocycles. The number of carbonyl (C=O) groups excluding carboxylic acids is 1. The number of aryl methyl sites for hydroxylation is 1. The first-order chi connectivity index (χ1) is 7.72. The van der Waals surface area contributed by atoms with E-state index in [1.807, 2.05) is 13.0 Å². The number of hydrogen-bond donors (Lipinski definition) is 2. The minimum atomic E-state index is 0.0845. The number of rotatable bonds is 7. The fourth-order valence-electron chi connectivity index (χ4n) is 1.36. The van der Waals surface area contributed by atoms with Crippen LogP contribution in [0.15, 0.2) is 17.5 Å². The zero-order valence-electron chi connectivity index (χ0n) is 9.74. The standard InChI is InChI=1S/C12H20N2OS/c1-2-10(13)9-14-12(15)7-3-5-11-6-4-8-16-11/h4,6,8,10H,2-3,5,7,9,13H2,1H3,(H,14,15). The highest BCUT2D eigenvalue weighted by atomic mass is 32.1. The third kappa shape index (κ3) is 5.28.